The lowest BCUT2D eigenvalue weighted by molar-refractivity contribution is 0.112. The third kappa shape index (κ3) is 2.04. The summed E-state index contributed by atoms with van der Waals surface area (Å²) in [5.74, 6) is 0. The van der Waals surface area contributed by atoms with Crippen molar-refractivity contribution in [2.24, 2.45) is 0 Å². The third-order valence-electron chi connectivity index (χ3n) is 1.17. The molecule has 0 aliphatic rings. The maximum absolute atomic E-state index is 10.4. The van der Waals surface area contributed by atoms with Gasteiger partial charge in [-0.05, 0) is 44.0 Å². The Morgan fingerprint density at radius 3 is 2.36 bits per heavy atom. The van der Waals surface area contributed by atoms with E-state index in [0.717, 1.165) is 15.2 Å². The Morgan fingerprint density at radius 1 is 1.27 bits per heavy atom. The van der Waals surface area contributed by atoms with Crippen LogP contribution in [-0.2, 0) is 0 Å². The standard InChI is InChI=1S/C7H3Br2ClO/c8-5-1-4(3-11)7(10)2-6(5)9/h1-3H. The number of rotatable bonds is 1. The zero-order valence-electron chi connectivity index (χ0n) is 5.27. The fourth-order valence-corrected chi connectivity index (χ4v) is 1.67. The molecule has 4 heteroatoms. The molecule has 1 aromatic carbocycles. The summed E-state index contributed by atoms with van der Waals surface area (Å²) in [4.78, 5) is 10.4. The highest BCUT2D eigenvalue weighted by Gasteiger charge is 2.03. The van der Waals surface area contributed by atoms with Crippen molar-refractivity contribution < 1.29 is 4.79 Å². The van der Waals surface area contributed by atoms with Crippen LogP contribution in [0.3, 0.4) is 0 Å². The van der Waals surface area contributed by atoms with E-state index in [1.807, 2.05) is 0 Å². The first kappa shape index (κ1) is 9.23. The van der Waals surface area contributed by atoms with Crippen LogP contribution in [0.25, 0.3) is 0 Å². The molecule has 0 unspecified atom stereocenters. The molecule has 0 amide bonds. The SMILES string of the molecule is O=Cc1cc(Br)c(Br)cc1Cl. The van der Waals surface area contributed by atoms with Crippen molar-refractivity contribution in [3.8, 4) is 0 Å². The number of benzene rings is 1. The van der Waals surface area contributed by atoms with Gasteiger partial charge in [-0.15, -0.1) is 0 Å². The average molecular weight is 298 g/mol. The number of carbonyl (C=O) groups is 1. The summed E-state index contributed by atoms with van der Waals surface area (Å²) >= 11 is 12.2. The monoisotopic (exact) mass is 296 g/mol. The molecule has 1 rings (SSSR count). The minimum Gasteiger partial charge on any atom is -0.298 e. The zero-order valence-corrected chi connectivity index (χ0v) is 9.20. The van der Waals surface area contributed by atoms with Gasteiger partial charge in [0.1, 0.15) is 0 Å². The van der Waals surface area contributed by atoms with Gasteiger partial charge in [-0.2, -0.15) is 0 Å². The van der Waals surface area contributed by atoms with E-state index in [1.54, 1.807) is 12.1 Å². The van der Waals surface area contributed by atoms with E-state index in [0.29, 0.717) is 10.6 Å². The maximum atomic E-state index is 10.4. The van der Waals surface area contributed by atoms with E-state index >= 15 is 0 Å². The van der Waals surface area contributed by atoms with E-state index < -0.39 is 0 Å². The first-order valence-electron chi connectivity index (χ1n) is 2.75. The number of halogens is 3. The van der Waals surface area contributed by atoms with Crippen LogP contribution >= 0.6 is 43.5 Å². The van der Waals surface area contributed by atoms with Crippen molar-refractivity contribution in [1.82, 2.24) is 0 Å². The first-order valence-corrected chi connectivity index (χ1v) is 4.71. The topological polar surface area (TPSA) is 17.1 Å². The molecule has 0 N–H and O–H groups in total. The van der Waals surface area contributed by atoms with E-state index in [-0.39, 0.29) is 0 Å². The minimum atomic E-state index is 0.454. The molecule has 0 spiro atoms. The van der Waals surface area contributed by atoms with Crippen molar-refractivity contribution in [2.75, 3.05) is 0 Å². The lowest BCUT2D eigenvalue weighted by Crippen LogP contribution is -1.82. The van der Waals surface area contributed by atoms with E-state index in [2.05, 4.69) is 31.9 Å². The van der Waals surface area contributed by atoms with Crippen LogP contribution in [0.4, 0.5) is 0 Å². The first-order chi connectivity index (χ1) is 5.15. The average Bonchev–Trinajstić information content (AvgIpc) is 1.97. The van der Waals surface area contributed by atoms with Crippen molar-refractivity contribution in [3.63, 3.8) is 0 Å². The zero-order chi connectivity index (χ0) is 8.43. The van der Waals surface area contributed by atoms with Gasteiger partial charge in [-0.3, -0.25) is 4.79 Å². The molecule has 0 aliphatic carbocycles. The van der Waals surface area contributed by atoms with Gasteiger partial charge in [0.15, 0.2) is 6.29 Å². The molecule has 1 nitrogen and oxygen atoms in total. The van der Waals surface area contributed by atoms with Crippen molar-refractivity contribution >= 4 is 49.7 Å². The van der Waals surface area contributed by atoms with Gasteiger partial charge in [-0.25, -0.2) is 0 Å². The summed E-state index contributed by atoms with van der Waals surface area (Å²) in [6.07, 6.45) is 0.722. The number of hydrogen-bond donors (Lipinski definition) is 0. The van der Waals surface area contributed by atoms with Crippen LogP contribution in [0.15, 0.2) is 21.1 Å². The van der Waals surface area contributed by atoms with Crippen LogP contribution in [0, 0.1) is 0 Å². The summed E-state index contributed by atoms with van der Waals surface area (Å²) in [6, 6.07) is 3.34. The second kappa shape index (κ2) is 3.70. The Bertz CT molecular complexity index is 299. The lowest BCUT2D eigenvalue weighted by Gasteiger charge is -1.98. The highest BCUT2D eigenvalue weighted by Crippen LogP contribution is 2.28. The molecular formula is C7H3Br2ClO. The van der Waals surface area contributed by atoms with Crippen LogP contribution in [0.2, 0.25) is 5.02 Å². The van der Waals surface area contributed by atoms with Crippen molar-refractivity contribution in [1.29, 1.82) is 0 Å². The van der Waals surface area contributed by atoms with Gasteiger partial charge >= 0.3 is 0 Å². The number of aldehydes is 1. The third-order valence-corrected chi connectivity index (χ3v) is 3.34. The van der Waals surface area contributed by atoms with Crippen LogP contribution in [-0.4, -0.2) is 6.29 Å². The second-order valence-electron chi connectivity index (χ2n) is 1.91. The van der Waals surface area contributed by atoms with Gasteiger partial charge in [0, 0.05) is 14.5 Å². The Hall–Kier alpha value is 0.140. The minimum absolute atomic E-state index is 0.454. The van der Waals surface area contributed by atoms with Gasteiger partial charge < -0.3 is 0 Å². The summed E-state index contributed by atoms with van der Waals surface area (Å²) in [7, 11) is 0. The smallest absolute Gasteiger partial charge is 0.151 e. The fraction of sp³-hybridized carbons (Fsp3) is 0. The summed E-state index contributed by atoms with van der Waals surface area (Å²) < 4.78 is 1.66. The van der Waals surface area contributed by atoms with Crippen LogP contribution < -0.4 is 0 Å². The summed E-state index contributed by atoms with van der Waals surface area (Å²) in [5, 5.41) is 0.454. The number of hydrogen-bond acceptors (Lipinski definition) is 1. The van der Waals surface area contributed by atoms with Crippen LogP contribution in [0.1, 0.15) is 10.4 Å². The quantitative estimate of drug-likeness (QED) is 0.571. The maximum Gasteiger partial charge on any atom is 0.151 e. The van der Waals surface area contributed by atoms with Crippen LogP contribution in [0.5, 0.6) is 0 Å². The normalized spacial score (nSPS) is 9.73. The molecule has 0 bridgehead atoms. The highest BCUT2D eigenvalue weighted by atomic mass is 79.9. The molecule has 11 heavy (non-hydrogen) atoms. The Morgan fingerprint density at radius 2 is 1.82 bits per heavy atom. The predicted molar refractivity (Wildman–Crippen MR) is 52.2 cm³/mol. The lowest BCUT2D eigenvalue weighted by atomic mass is 10.2. The Kier molecular flexibility index (Phi) is 3.10. The fourth-order valence-electron chi connectivity index (χ4n) is 0.628. The molecule has 0 fully saturated rings. The largest absolute Gasteiger partial charge is 0.298 e. The van der Waals surface area contributed by atoms with E-state index in [1.165, 1.54) is 0 Å². The molecule has 0 saturated carbocycles. The molecule has 0 atom stereocenters. The molecular weight excluding hydrogens is 295 g/mol. The van der Waals surface area contributed by atoms with Gasteiger partial charge in [-0.1, -0.05) is 11.6 Å². The number of carbonyl (C=O) groups excluding carboxylic acids is 1. The molecule has 58 valence electrons. The molecule has 0 heterocycles. The van der Waals surface area contributed by atoms with Gasteiger partial charge in [0.05, 0.1) is 5.02 Å². The van der Waals surface area contributed by atoms with E-state index in [9.17, 15) is 4.79 Å². The Labute approximate surface area is 86.0 Å². The molecule has 0 radical (unpaired) electrons. The predicted octanol–water partition coefficient (Wildman–Crippen LogP) is 3.68. The summed E-state index contributed by atoms with van der Waals surface area (Å²) in [5.41, 5.74) is 0.488. The van der Waals surface area contributed by atoms with Crippen molar-refractivity contribution in [3.05, 3.63) is 31.7 Å². The second-order valence-corrected chi connectivity index (χ2v) is 4.02. The Balaban J connectivity index is 3.31. The highest BCUT2D eigenvalue weighted by molar-refractivity contribution is 9.13. The van der Waals surface area contributed by atoms with Gasteiger partial charge in [0.2, 0.25) is 0 Å². The summed E-state index contributed by atoms with van der Waals surface area (Å²) in [6.45, 7) is 0. The van der Waals surface area contributed by atoms with Crippen molar-refractivity contribution in [2.45, 2.75) is 0 Å². The molecule has 0 aliphatic heterocycles. The molecule has 0 aromatic heterocycles. The van der Waals surface area contributed by atoms with E-state index in [4.69, 9.17) is 11.6 Å². The molecule has 0 saturated heterocycles. The van der Waals surface area contributed by atoms with Gasteiger partial charge in [0.25, 0.3) is 0 Å². The molecule has 1 aromatic rings.